The Morgan fingerprint density at radius 2 is 1.57 bits per heavy atom. The summed E-state index contributed by atoms with van der Waals surface area (Å²) in [6.07, 6.45) is 4.08. The number of imide groups is 1. The van der Waals surface area contributed by atoms with Gasteiger partial charge in [0.25, 0.3) is 0 Å². The molecule has 6 atom stereocenters. The molecule has 0 aromatic heterocycles. The fraction of sp³-hybridized carbons (Fsp3) is 0.257. The Labute approximate surface area is 251 Å². The lowest BCUT2D eigenvalue weighted by Crippen LogP contribution is -2.58. The van der Waals surface area contributed by atoms with Crippen LogP contribution in [0, 0.1) is 23.7 Å². The first kappa shape index (κ1) is 26.8. The van der Waals surface area contributed by atoms with Crippen LogP contribution in [-0.4, -0.2) is 40.4 Å². The van der Waals surface area contributed by atoms with Crippen molar-refractivity contribution in [3.63, 3.8) is 0 Å². The molecule has 210 valence electrons. The number of rotatable bonds is 3. The molecule has 2 amide bonds. The third kappa shape index (κ3) is 3.62. The lowest BCUT2D eigenvalue weighted by Gasteiger charge is -2.55. The Morgan fingerprint density at radius 1 is 0.881 bits per heavy atom. The Bertz CT molecular complexity index is 1730. The molecule has 1 saturated carbocycles. The summed E-state index contributed by atoms with van der Waals surface area (Å²) in [5, 5.41) is 11.3. The second-order valence-electron chi connectivity index (χ2n) is 11.7. The van der Waals surface area contributed by atoms with Crippen LogP contribution in [0.4, 0.5) is 0 Å². The standard InChI is InChI=1S/C35H28BrNO5/c1-37-33(41)23-14-13-22-25(30(23)34(37)42)17-27-32(40)24(19-8-4-2-5-9-19)18-29(39)35(27,20-10-6-3-7-11-20)31(22)26-16-21(36)12-15-28(26)38/h2-13,15-16,18,23,25,27,30-31,38H,14,17H2,1H3/t23-,25+,27-,30-,31+,35-/m0/s1. The molecule has 1 N–H and O–H groups in total. The van der Waals surface area contributed by atoms with Crippen molar-refractivity contribution in [1.82, 2.24) is 4.90 Å². The Kier molecular flexibility index (Phi) is 6.21. The van der Waals surface area contributed by atoms with Crippen LogP contribution in [-0.2, 0) is 24.6 Å². The first-order chi connectivity index (χ1) is 20.2. The maximum atomic E-state index is 14.9. The molecule has 0 spiro atoms. The van der Waals surface area contributed by atoms with E-state index < -0.39 is 35.0 Å². The molecule has 0 radical (unpaired) electrons. The molecule has 0 bridgehead atoms. The molecular weight excluding hydrogens is 594 g/mol. The molecule has 7 heteroatoms. The van der Waals surface area contributed by atoms with Gasteiger partial charge in [-0.2, -0.15) is 0 Å². The van der Waals surface area contributed by atoms with Crippen molar-refractivity contribution >= 4 is 44.9 Å². The molecule has 0 unspecified atom stereocenters. The van der Waals surface area contributed by atoms with Crippen LogP contribution >= 0.6 is 15.9 Å². The minimum Gasteiger partial charge on any atom is -0.508 e. The topological polar surface area (TPSA) is 91.8 Å². The van der Waals surface area contributed by atoms with E-state index in [-0.39, 0.29) is 35.6 Å². The van der Waals surface area contributed by atoms with Gasteiger partial charge in [0.05, 0.1) is 17.3 Å². The maximum Gasteiger partial charge on any atom is 0.233 e. The number of likely N-dealkylation sites (tertiary alicyclic amines) is 1. The zero-order valence-electron chi connectivity index (χ0n) is 22.9. The smallest absolute Gasteiger partial charge is 0.233 e. The van der Waals surface area contributed by atoms with Gasteiger partial charge in [0, 0.05) is 34.5 Å². The van der Waals surface area contributed by atoms with E-state index in [0.29, 0.717) is 33.2 Å². The molecule has 3 aromatic rings. The van der Waals surface area contributed by atoms with Crippen molar-refractivity contribution in [3.8, 4) is 5.75 Å². The number of amides is 2. The number of aromatic hydroxyl groups is 1. The number of hydrogen-bond acceptors (Lipinski definition) is 5. The van der Waals surface area contributed by atoms with Crippen LogP contribution in [0.2, 0.25) is 0 Å². The van der Waals surface area contributed by atoms with E-state index in [1.54, 1.807) is 18.2 Å². The number of Topliss-reactive ketones (excluding diaryl/α,β-unsaturated/α-hetero) is 1. The van der Waals surface area contributed by atoms with E-state index in [4.69, 9.17) is 0 Å². The second kappa shape index (κ2) is 9.73. The highest BCUT2D eigenvalue weighted by Crippen LogP contribution is 2.64. The summed E-state index contributed by atoms with van der Waals surface area (Å²) in [4.78, 5) is 57.4. The summed E-state index contributed by atoms with van der Waals surface area (Å²) in [5.41, 5.74) is 1.68. The molecule has 6 nitrogen and oxygen atoms in total. The van der Waals surface area contributed by atoms with Crippen molar-refractivity contribution in [2.75, 3.05) is 7.05 Å². The Morgan fingerprint density at radius 3 is 2.29 bits per heavy atom. The number of ketones is 2. The maximum absolute atomic E-state index is 14.9. The second-order valence-corrected chi connectivity index (χ2v) is 12.6. The van der Waals surface area contributed by atoms with Crippen molar-refractivity contribution < 1.29 is 24.3 Å². The van der Waals surface area contributed by atoms with Crippen molar-refractivity contribution in [3.05, 3.63) is 118 Å². The summed E-state index contributed by atoms with van der Waals surface area (Å²) < 4.78 is 0.716. The fourth-order valence-corrected chi connectivity index (χ4v) is 8.51. The lowest BCUT2D eigenvalue weighted by atomic mass is 9.44. The molecule has 1 heterocycles. The van der Waals surface area contributed by atoms with E-state index >= 15 is 0 Å². The number of phenolic OH excluding ortho intramolecular Hbond substituents is 1. The van der Waals surface area contributed by atoms with Gasteiger partial charge in [-0.15, -0.1) is 0 Å². The molecule has 7 rings (SSSR count). The number of fused-ring (bicyclic) bond motifs is 4. The van der Waals surface area contributed by atoms with E-state index in [1.165, 1.54) is 18.0 Å². The average Bonchev–Trinajstić information content (AvgIpc) is 3.23. The quantitative estimate of drug-likeness (QED) is 0.303. The van der Waals surface area contributed by atoms with Crippen LogP contribution in [0.25, 0.3) is 5.57 Å². The highest BCUT2D eigenvalue weighted by molar-refractivity contribution is 9.10. The molecule has 42 heavy (non-hydrogen) atoms. The van der Waals surface area contributed by atoms with Gasteiger partial charge in [-0.1, -0.05) is 88.2 Å². The van der Waals surface area contributed by atoms with E-state index in [0.717, 1.165) is 5.57 Å². The molecule has 4 aliphatic rings. The van der Waals surface area contributed by atoms with Crippen LogP contribution in [0.15, 0.2) is 101 Å². The van der Waals surface area contributed by atoms with Gasteiger partial charge in [0.15, 0.2) is 11.6 Å². The monoisotopic (exact) mass is 621 g/mol. The summed E-state index contributed by atoms with van der Waals surface area (Å²) in [6, 6.07) is 23.6. The number of halogens is 1. The first-order valence-corrected chi connectivity index (χ1v) is 15.0. The highest BCUT2D eigenvalue weighted by Gasteiger charge is 2.65. The van der Waals surface area contributed by atoms with Crippen LogP contribution in [0.5, 0.6) is 5.75 Å². The normalized spacial score (nSPS) is 30.3. The summed E-state index contributed by atoms with van der Waals surface area (Å²) in [6.45, 7) is 0. The summed E-state index contributed by atoms with van der Waals surface area (Å²) >= 11 is 3.55. The predicted molar refractivity (Wildman–Crippen MR) is 160 cm³/mol. The van der Waals surface area contributed by atoms with Gasteiger partial charge in [-0.25, -0.2) is 0 Å². The van der Waals surface area contributed by atoms with Crippen LogP contribution in [0.1, 0.15) is 35.4 Å². The average molecular weight is 623 g/mol. The van der Waals surface area contributed by atoms with Crippen LogP contribution < -0.4 is 0 Å². The predicted octanol–water partition coefficient (Wildman–Crippen LogP) is 5.61. The Balaban J connectivity index is 1.54. The number of benzene rings is 3. The van der Waals surface area contributed by atoms with Crippen molar-refractivity contribution in [1.29, 1.82) is 0 Å². The lowest BCUT2D eigenvalue weighted by molar-refractivity contribution is -0.139. The molecule has 2 fully saturated rings. The van der Waals surface area contributed by atoms with Gasteiger partial charge in [-0.3, -0.25) is 24.1 Å². The van der Waals surface area contributed by atoms with E-state index in [2.05, 4.69) is 15.9 Å². The highest BCUT2D eigenvalue weighted by atomic mass is 79.9. The van der Waals surface area contributed by atoms with Gasteiger partial charge in [-0.05, 0) is 54.2 Å². The third-order valence-corrected chi connectivity index (χ3v) is 10.4. The molecule has 3 aromatic carbocycles. The SMILES string of the molecule is CN1C(=O)[C@H]2[C@H](CC=C3[C@H]2C[C@H]2C(=O)C(c4ccccc4)=CC(=O)[C@@]2(c2ccccc2)[C@H]3c2cc(Br)ccc2O)C1=O. The van der Waals surface area contributed by atoms with E-state index in [1.807, 2.05) is 66.7 Å². The van der Waals surface area contributed by atoms with Crippen molar-refractivity contribution in [2.24, 2.45) is 23.7 Å². The molecule has 3 aliphatic carbocycles. The zero-order chi connectivity index (χ0) is 29.3. The van der Waals surface area contributed by atoms with Crippen LogP contribution in [0.3, 0.4) is 0 Å². The number of nitrogens with zero attached hydrogens (tertiary/aromatic N) is 1. The summed E-state index contributed by atoms with van der Waals surface area (Å²) in [7, 11) is 1.52. The summed E-state index contributed by atoms with van der Waals surface area (Å²) in [5.74, 6) is -3.97. The van der Waals surface area contributed by atoms with Gasteiger partial charge >= 0.3 is 0 Å². The number of hydrogen-bond donors (Lipinski definition) is 1. The number of carbonyl (C=O) groups excluding carboxylic acids is 4. The number of phenols is 1. The molecule has 1 aliphatic heterocycles. The fourth-order valence-electron chi connectivity index (χ4n) is 8.13. The minimum atomic E-state index is -1.36. The van der Waals surface area contributed by atoms with Crippen molar-refractivity contribution in [2.45, 2.75) is 24.2 Å². The zero-order valence-corrected chi connectivity index (χ0v) is 24.5. The molecule has 1 saturated heterocycles. The van der Waals surface area contributed by atoms with Gasteiger partial charge in [0.2, 0.25) is 11.8 Å². The first-order valence-electron chi connectivity index (χ1n) is 14.2. The number of allylic oxidation sites excluding steroid dienone is 4. The van der Waals surface area contributed by atoms with Gasteiger partial charge in [0.1, 0.15) is 5.75 Å². The minimum absolute atomic E-state index is 0.00459. The largest absolute Gasteiger partial charge is 0.508 e. The third-order valence-electron chi connectivity index (χ3n) is 9.90. The Hall–Kier alpha value is -4.10. The molecular formula is C35H28BrNO5. The van der Waals surface area contributed by atoms with E-state index in [9.17, 15) is 24.3 Å². The van der Waals surface area contributed by atoms with Gasteiger partial charge < -0.3 is 5.11 Å². The number of carbonyl (C=O) groups is 4.